The van der Waals surface area contributed by atoms with E-state index in [1.807, 2.05) is 23.7 Å². The molecule has 3 aromatic rings. The fourth-order valence-electron chi connectivity index (χ4n) is 1.53. The Hall–Kier alpha value is -1.67. The summed E-state index contributed by atoms with van der Waals surface area (Å²) in [6.45, 7) is 2.87. The third-order valence-corrected chi connectivity index (χ3v) is 3.97. The first-order valence-electron chi connectivity index (χ1n) is 5.38. The average Bonchev–Trinajstić information content (AvgIpc) is 2.99. The van der Waals surface area contributed by atoms with Gasteiger partial charge in [-0.1, -0.05) is 11.3 Å². The Morgan fingerprint density at radius 2 is 2.44 bits per heavy atom. The predicted molar refractivity (Wildman–Crippen MR) is 71.2 cm³/mol. The van der Waals surface area contributed by atoms with Crippen molar-refractivity contribution in [1.29, 1.82) is 0 Å². The summed E-state index contributed by atoms with van der Waals surface area (Å²) in [5.41, 5.74) is 2.54. The van der Waals surface area contributed by atoms with Crippen molar-refractivity contribution in [2.45, 2.75) is 16.3 Å². The molecule has 0 atom stereocenters. The Morgan fingerprint density at radius 3 is 3.22 bits per heavy atom. The lowest BCUT2D eigenvalue weighted by molar-refractivity contribution is 0.992. The number of aromatic nitrogens is 5. The molecule has 0 spiro atoms. The molecule has 0 aliphatic carbocycles. The lowest BCUT2D eigenvalue weighted by Gasteiger charge is -2.06. The van der Waals surface area contributed by atoms with E-state index in [1.165, 1.54) is 23.1 Å². The number of fused-ring (bicyclic) bond motifs is 1. The maximum absolute atomic E-state index is 4.55. The molecule has 0 saturated heterocycles. The predicted octanol–water partition coefficient (Wildman–Crippen LogP) is 2.16. The second-order valence-corrected chi connectivity index (χ2v) is 5.50. The number of hydrogen-bond acceptors (Lipinski definition) is 7. The van der Waals surface area contributed by atoms with Gasteiger partial charge in [0.1, 0.15) is 16.4 Å². The van der Waals surface area contributed by atoms with E-state index in [0.717, 1.165) is 27.4 Å². The van der Waals surface area contributed by atoms with Crippen LogP contribution >= 0.6 is 23.1 Å². The Balaban J connectivity index is 2.04. The number of anilines is 1. The molecule has 3 heterocycles. The largest absolute Gasteiger partial charge is 0.369 e. The summed E-state index contributed by atoms with van der Waals surface area (Å²) in [6.07, 6.45) is 5.59. The Bertz CT molecular complexity index is 647. The first kappa shape index (κ1) is 11.4. The highest BCUT2D eigenvalue weighted by Crippen LogP contribution is 2.30. The maximum atomic E-state index is 4.55. The molecule has 3 aromatic heterocycles. The van der Waals surface area contributed by atoms with E-state index in [9.17, 15) is 0 Å². The molecule has 8 heteroatoms. The maximum Gasteiger partial charge on any atom is 0.180 e. The van der Waals surface area contributed by atoms with Crippen LogP contribution in [0.25, 0.3) is 5.65 Å². The lowest BCUT2D eigenvalue weighted by atomic mass is 10.6. The van der Waals surface area contributed by atoms with E-state index in [2.05, 4.69) is 25.5 Å². The van der Waals surface area contributed by atoms with E-state index >= 15 is 0 Å². The smallest absolute Gasteiger partial charge is 0.180 e. The van der Waals surface area contributed by atoms with Gasteiger partial charge in [0.2, 0.25) is 0 Å². The first-order chi connectivity index (χ1) is 8.86. The molecule has 92 valence electrons. The van der Waals surface area contributed by atoms with E-state index in [-0.39, 0.29) is 0 Å². The number of rotatable bonds is 4. The zero-order valence-electron chi connectivity index (χ0n) is 9.57. The summed E-state index contributed by atoms with van der Waals surface area (Å²) < 4.78 is 2.81. The van der Waals surface area contributed by atoms with Crippen molar-refractivity contribution >= 4 is 34.6 Å². The fourth-order valence-corrected chi connectivity index (χ4v) is 3.01. The van der Waals surface area contributed by atoms with E-state index in [0.29, 0.717) is 0 Å². The van der Waals surface area contributed by atoms with Crippen LogP contribution in [0.2, 0.25) is 0 Å². The van der Waals surface area contributed by atoms with Gasteiger partial charge in [-0.3, -0.25) is 0 Å². The van der Waals surface area contributed by atoms with Gasteiger partial charge >= 0.3 is 0 Å². The molecule has 0 aliphatic heterocycles. The summed E-state index contributed by atoms with van der Waals surface area (Å²) in [4.78, 5) is 8.85. The summed E-state index contributed by atoms with van der Waals surface area (Å²) in [6, 6.07) is 0. The minimum absolute atomic E-state index is 0.829. The van der Waals surface area contributed by atoms with Gasteiger partial charge in [0.05, 0.1) is 6.20 Å². The van der Waals surface area contributed by atoms with Crippen LogP contribution in [0.5, 0.6) is 0 Å². The molecule has 3 rings (SSSR count). The van der Waals surface area contributed by atoms with E-state index < -0.39 is 0 Å². The molecule has 0 radical (unpaired) electrons. The molecule has 0 aliphatic rings. The highest BCUT2D eigenvalue weighted by atomic mass is 32.2. The Labute approximate surface area is 111 Å². The van der Waals surface area contributed by atoms with Crippen molar-refractivity contribution in [2.75, 3.05) is 11.9 Å². The zero-order valence-corrected chi connectivity index (χ0v) is 11.2. The molecule has 0 saturated carbocycles. The number of hydrogen-bond donors (Lipinski definition) is 1. The van der Waals surface area contributed by atoms with Crippen LogP contribution in [-0.2, 0) is 0 Å². The molecular weight excluding hydrogens is 268 g/mol. The van der Waals surface area contributed by atoms with Crippen LogP contribution in [-0.4, -0.2) is 31.1 Å². The quantitative estimate of drug-likeness (QED) is 0.789. The third-order valence-electron chi connectivity index (χ3n) is 2.23. The van der Waals surface area contributed by atoms with Crippen LogP contribution in [0.15, 0.2) is 33.5 Å². The first-order valence-corrected chi connectivity index (χ1v) is 7.08. The van der Waals surface area contributed by atoms with Crippen LogP contribution in [0.1, 0.15) is 6.92 Å². The van der Waals surface area contributed by atoms with Crippen molar-refractivity contribution in [3.8, 4) is 0 Å². The standard InChI is InChI=1S/C10H10N6S2/c1-2-11-7-5-16-4-3-12-8(16)9(14-7)18-10-15-13-6-17-10/h3-6,11H,2H2,1H3. The van der Waals surface area contributed by atoms with Gasteiger partial charge < -0.3 is 9.72 Å². The van der Waals surface area contributed by atoms with Crippen LogP contribution in [0, 0.1) is 0 Å². The van der Waals surface area contributed by atoms with Gasteiger partial charge in [-0.05, 0) is 18.7 Å². The van der Waals surface area contributed by atoms with E-state index in [1.54, 1.807) is 11.7 Å². The molecule has 0 fully saturated rings. The van der Waals surface area contributed by atoms with Gasteiger partial charge in [-0.15, -0.1) is 10.2 Å². The number of nitrogens with one attached hydrogen (secondary N) is 1. The molecule has 1 N–H and O–H groups in total. The van der Waals surface area contributed by atoms with Crippen molar-refractivity contribution in [2.24, 2.45) is 0 Å². The zero-order chi connectivity index (χ0) is 12.4. The highest BCUT2D eigenvalue weighted by Gasteiger charge is 2.10. The summed E-state index contributed by atoms with van der Waals surface area (Å²) in [7, 11) is 0. The SMILES string of the molecule is CCNc1cn2ccnc2c(Sc2nncs2)n1. The van der Waals surface area contributed by atoms with Crippen molar-refractivity contribution in [3.05, 3.63) is 24.1 Å². The van der Waals surface area contributed by atoms with Gasteiger partial charge in [0, 0.05) is 18.9 Å². The average molecular weight is 278 g/mol. The van der Waals surface area contributed by atoms with Crippen molar-refractivity contribution < 1.29 is 0 Å². The molecule has 0 bridgehead atoms. The Kier molecular flexibility index (Phi) is 3.11. The monoisotopic (exact) mass is 278 g/mol. The van der Waals surface area contributed by atoms with Gasteiger partial charge in [0.25, 0.3) is 0 Å². The summed E-state index contributed by atoms with van der Waals surface area (Å²) in [5.74, 6) is 0.829. The Morgan fingerprint density at radius 1 is 1.50 bits per heavy atom. The minimum atomic E-state index is 0.829. The molecule has 0 aromatic carbocycles. The van der Waals surface area contributed by atoms with Crippen molar-refractivity contribution in [3.63, 3.8) is 0 Å². The topological polar surface area (TPSA) is 68.0 Å². The second kappa shape index (κ2) is 4.91. The minimum Gasteiger partial charge on any atom is -0.369 e. The second-order valence-electron chi connectivity index (χ2n) is 3.43. The number of imidazole rings is 1. The van der Waals surface area contributed by atoms with Gasteiger partial charge in [-0.25, -0.2) is 9.97 Å². The van der Waals surface area contributed by atoms with Crippen molar-refractivity contribution in [1.82, 2.24) is 24.6 Å². The number of nitrogens with zero attached hydrogens (tertiary/aromatic N) is 5. The molecule has 0 unspecified atom stereocenters. The van der Waals surface area contributed by atoms with E-state index in [4.69, 9.17) is 0 Å². The third kappa shape index (κ3) is 2.16. The highest BCUT2D eigenvalue weighted by molar-refractivity contribution is 8.01. The molecule has 0 amide bonds. The molecular formula is C10H10N6S2. The van der Waals surface area contributed by atoms with Crippen LogP contribution in [0.3, 0.4) is 0 Å². The van der Waals surface area contributed by atoms with Gasteiger partial charge in [-0.2, -0.15) is 0 Å². The fraction of sp³-hybridized carbons (Fsp3) is 0.200. The summed E-state index contributed by atoms with van der Waals surface area (Å²) in [5, 5.41) is 11.9. The van der Waals surface area contributed by atoms with Gasteiger partial charge in [0.15, 0.2) is 9.99 Å². The van der Waals surface area contributed by atoms with Crippen LogP contribution < -0.4 is 5.32 Å². The summed E-state index contributed by atoms with van der Waals surface area (Å²) >= 11 is 2.97. The lowest BCUT2D eigenvalue weighted by Crippen LogP contribution is -2.02. The normalized spacial score (nSPS) is 10.9. The molecule has 18 heavy (non-hydrogen) atoms. The van der Waals surface area contributed by atoms with Crippen LogP contribution in [0.4, 0.5) is 5.82 Å². The molecule has 6 nitrogen and oxygen atoms in total.